The highest BCUT2D eigenvalue weighted by Crippen LogP contribution is 2.40. The van der Waals surface area contributed by atoms with Crippen molar-refractivity contribution in [1.82, 2.24) is 16.2 Å². The summed E-state index contributed by atoms with van der Waals surface area (Å²) in [4.78, 5) is 22.9. The van der Waals surface area contributed by atoms with Gasteiger partial charge >= 0.3 is 0 Å². The summed E-state index contributed by atoms with van der Waals surface area (Å²) in [5.41, 5.74) is 5.83. The molecule has 1 amide bonds. The topological polar surface area (TPSA) is 96.3 Å². The molecule has 1 aromatic carbocycles. The van der Waals surface area contributed by atoms with Crippen LogP contribution in [-0.4, -0.2) is 23.0 Å². The van der Waals surface area contributed by atoms with Crippen LogP contribution in [0.2, 0.25) is 0 Å². The monoisotopic (exact) mass is 352 g/mol. The van der Waals surface area contributed by atoms with Crippen LogP contribution in [0.15, 0.2) is 24.3 Å². The van der Waals surface area contributed by atoms with Crippen molar-refractivity contribution in [1.29, 1.82) is 0 Å². The Kier molecular flexibility index (Phi) is 8.11. The summed E-state index contributed by atoms with van der Waals surface area (Å²) in [6, 6.07) is 6.26. The number of thiocarbonyl (C=S) groups is 1. The van der Waals surface area contributed by atoms with E-state index in [-0.39, 0.29) is 17.5 Å². The number of hydrogen-bond donors (Lipinski definition) is 3. The number of nitrogens with zero attached hydrogens (tertiary/aromatic N) is 1. The number of nitrogens with one attached hydrogen (secondary N) is 3. The van der Waals surface area contributed by atoms with E-state index in [4.69, 9.17) is 12.2 Å². The van der Waals surface area contributed by atoms with E-state index in [1.165, 1.54) is 12.1 Å². The van der Waals surface area contributed by atoms with Crippen molar-refractivity contribution in [2.45, 2.75) is 39.0 Å². The van der Waals surface area contributed by atoms with Crippen LogP contribution in [0.3, 0.4) is 0 Å². The zero-order chi connectivity index (χ0) is 18.1. The number of rotatable bonds is 4. The van der Waals surface area contributed by atoms with Crippen LogP contribution in [0, 0.1) is 16.0 Å². The molecular formula is C16H24N4O3S. The minimum absolute atomic E-state index is 0.00618. The van der Waals surface area contributed by atoms with E-state index in [0.717, 1.165) is 19.3 Å². The lowest BCUT2D eigenvalue weighted by molar-refractivity contribution is -0.384. The van der Waals surface area contributed by atoms with Crippen LogP contribution in [-0.2, 0) is 4.79 Å². The standard InChI is InChI=1S/C14H18N4O3S.C2H6/c1-15-14(22)17-16-13(19)12(9-4-2-5-9)10-6-3-7-11(8-10)18(20)21;1-2/h3,6-9,12H,2,4-5H2,1H3,(H,16,19)(H2,15,17,22);1-2H3. The van der Waals surface area contributed by atoms with Gasteiger partial charge in [-0.15, -0.1) is 0 Å². The molecule has 0 bridgehead atoms. The van der Waals surface area contributed by atoms with Gasteiger partial charge < -0.3 is 5.32 Å². The lowest BCUT2D eigenvalue weighted by atomic mass is 9.72. The van der Waals surface area contributed by atoms with Gasteiger partial charge in [-0.25, -0.2) is 0 Å². The second-order valence-electron chi connectivity index (χ2n) is 5.21. The number of benzene rings is 1. The number of non-ortho nitro benzene ring substituents is 1. The van der Waals surface area contributed by atoms with E-state index in [0.29, 0.717) is 10.7 Å². The average molecular weight is 352 g/mol. The number of nitro groups is 1. The maximum Gasteiger partial charge on any atom is 0.269 e. The quantitative estimate of drug-likeness (QED) is 0.438. The smallest absolute Gasteiger partial charge is 0.269 e. The molecule has 1 atom stereocenters. The fraction of sp³-hybridized carbons (Fsp3) is 0.500. The van der Waals surface area contributed by atoms with Crippen molar-refractivity contribution < 1.29 is 9.72 Å². The van der Waals surface area contributed by atoms with E-state index in [1.54, 1.807) is 19.2 Å². The zero-order valence-corrected chi connectivity index (χ0v) is 15.0. The maximum atomic E-state index is 12.4. The Balaban J connectivity index is 0.00000139. The van der Waals surface area contributed by atoms with Crippen molar-refractivity contribution in [3.63, 3.8) is 0 Å². The molecule has 0 heterocycles. The molecule has 1 aromatic rings. The molecule has 0 aliphatic heterocycles. The highest BCUT2D eigenvalue weighted by atomic mass is 32.1. The summed E-state index contributed by atoms with van der Waals surface area (Å²) < 4.78 is 0. The molecular weight excluding hydrogens is 328 g/mol. The summed E-state index contributed by atoms with van der Waals surface area (Å²) in [5, 5.41) is 13.9. The van der Waals surface area contributed by atoms with E-state index in [2.05, 4.69) is 16.2 Å². The molecule has 0 spiro atoms. The molecule has 1 aliphatic carbocycles. The van der Waals surface area contributed by atoms with Gasteiger partial charge in [0.05, 0.1) is 10.8 Å². The second kappa shape index (κ2) is 9.82. The van der Waals surface area contributed by atoms with Crippen LogP contribution in [0.5, 0.6) is 0 Å². The Labute approximate surface area is 147 Å². The van der Waals surface area contributed by atoms with Gasteiger partial charge in [-0.1, -0.05) is 32.4 Å². The molecule has 24 heavy (non-hydrogen) atoms. The van der Waals surface area contributed by atoms with Gasteiger partial charge in [-0.05, 0) is 36.5 Å². The molecule has 1 saturated carbocycles. The van der Waals surface area contributed by atoms with E-state index < -0.39 is 10.8 Å². The summed E-state index contributed by atoms with van der Waals surface area (Å²) in [7, 11) is 1.64. The predicted molar refractivity (Wildman–Crippen MR) is 97.5 cm³/mol. The molecule has 0 aromatic heterocycles. The second-order valence-corrected chi connectivity index (χ2v) is 5.62. The minimum Gasteiger partial charge on any atom is -0.364 e. The van der Waals surface area contributed by atoms with E-state index in [1.807, 2.05) is 13.8 Å². The summed E-state index contributed by atoms with van der Waals surface area (Å²) in [6.45, 7) is 4.00. The van der Waals surface area contributed by atoms with Crippen LogP contribution >= 0.6 is 12.2 Å². The lowest BCUT2D eigenvalue weighted by Crippen LogP contribution is -2.48. The Morgan fingerprint density at radius 1 is 1.33 bits per heavy atom. The normalized spacial score (nSPS) is 14.3. The fourth-order valence-electron chi connectivity index (χ4n) is 2.50. The number of carbonyl (C=O) groups is 1. The van der Waals surface area contributed by atoms with Crippen LogP contribution in [0.4, 0.5) is 5.69 Å². The van der Waals surface area contributed by atoms with Crippen LogP contribution in [0.25, 0.3) is 0 Å². The molecule has 1 aliphatic rings. The predicted octanol–water partition coefficient (Wildman–Crippen LogP) is 2.63. The Bertz CT molecular complexity index is 590. The fourth-order valence-corrected chi connectivity index (χ4v) is 2.55. The Morgan fingerprint density at radius 3 is 2.50 bits per heavy atom. The molecule has 132 valence electrons. The Morgan fingerprint density at radius 2 is 2.00 bits per heavy atom. The van der Waals surface area contributed by atoms with Crippen LogP contribution in [0.1, 0.15) is 44.6 Å². The summed E-state index contributed by atoms with van der Waals surface area (Å²) in [5.74, 6) is -0.449. The lowest BCUT2D eigenvalue weighted by Gasteiger charge is -2.33. The molecule has 0 radical (unpaired) electrons. The zero-order valence-electron chi connectivity index (χ0n) is 14.2. The van der Waals surface area contributed by atoms with Gasteiger partial charge in [0.25, 0.3) is 5.69 Å². The highest BCUT2D eigenvalue weighted by molar-refractivity contribution is 7.80. The first-order valence-corrected chi connectivity index (χ1v) is 8.45. The van der Waals surface area contributed by atoms with Crippen molar-refractivity contribution >= 4 is 28.9 Å². The van der Waals surface area contributed by atoms with Gasteiger partial charge in [0.15, 0.2) is 5.11 Å². The first-order chi connectivity index (χ1) is 11.5. The van der Waals surface area contributed by atoms with Gasteiger partial charge in [-0.2, -0.15) is 0 Å². The number of carbonyl (C=O) groups excluding carboxylic acids is 1. The molecule has 2 rings (SSSR count). The summed E-state index contributed by atoms with van der Waals surface area (Å²) in [6.07, 6.45) is 2.96. The van der Waals surface area contributed by atoms with Crippen LogP contribution < -0.4 is 16.2 Å². The SMILES string of the molecule is CC.CNC(=S)NNC(=O)C(c1cccc([N+](=O)[O-])c1)C1CCC1. The molecule has 8 heteroatoms. The van der Waals surface area contributed by atoms with Gasteiger partial charge in [-0.3, -0.25) is 25.8 Å². The van der Waals surface area contributed by atoms with Crippen molar-refractivity contribution in [2.24, 2.45) is 5.92 Å². The number of hydrogen-bond acceptors (Lipinski definition) is 4. The van der Waals surface area contributed by atoms with Gasteiger partial charge in [0, 0.05) is 19.2 Å². The van der Waals surface area contributed by atoms with E-state index in [9.17, 15) is 14.9 Å². The van der Waals surface area contributed by atoms with Crippen molar-refractivity contribution in [3.05, 3.63) is 39.9 Å². The first kappa shape index (κ1) is 19.8. The van der Waals surface area contributed by atoms with Crippen molar-refractivity contribution in [3.8, 4) is 0 Å². The minimum atomic E-state index is -0.451. The van der Waals surface area contributed by atoms with Gasteiger partial charge in [0.1, 0.15) is 0 Å². The highest BCUT2D eigenvalue weighted by Gasteiger charge is 2.34. The molecule has 7 nitrogen and oxygen atoms in total. The largest absolute Gasteiger partial charge is 0.364 e. The molecule has 1 unspecified atom stereocenters. The third-order valence-electron chi connectivity index (χ3n) is 3.87. The number of amides is 1. The third kappa shape index (κ3) is 5.16. The maximum absolute atomic E-state index is 12.4. The number of hydrazine groups is 1. The van der Waals surface area contributed by atoms with Crippen molar-refractivity contribution in [2.75, 3.05) is 7.05 Å². The third-order valence-corrected chi connectivity index (χ3v) is 4.18. The average Bonchev–Trinajstić information content (AvgIpc) is 2.57. The van der Waals surface area contributed by atoms with Gasteiger partial charge in [0.2, 0.25) is 5.91 Å². The Hall–Kier alpha value is -2.22. The van der Waals surface area contributed by atoms with E-state index >= 15 is 0 Å². The molecule has 0 saturated heterocycles. The molecule has 3 N–H and O–H groups in total. The molecule has 1 fully saturated rings. The summed E-state index contributed by atoms with van der Waals surface area (Å²) >= 11 is 4.91. The number of nitro benzene ring substituents is 1. The first-order valence-electron chi connectivity index (χ1n) is 8.05.